The third kappa shape index (κ3) is 10.1. The predicted octanol–water partition coefficient (Wildman–Crippen LogP) is 7.93. The van der Waals surface area contributed by atoms with Crippen LogP contribution in [0.25, 0.3) is 0 Å². The van der Waals surface area contributed by atoms with Crippen LogP contribution in [-0.2, 0) is 32.7 Å². The molecule has 1 aliphatic rings. The Morgan fingerprint density at radius 2 is 1.44 bits per heavy atom. The van der Waals surface area contributed by atoms with Crippen molar-refractivity contribution < 1.29 is 32.7 Å². The molecule has 0 aromatic heterocycles. The van der Waals surface area contributed by atoms with E-state index in [2.05, 4.69) is 124 Å². The number of benzene rings is 2. The maximum absolute atomic E-state index is 13.9. The second-order valence-corrected chi connectivity index (χ2v) is 25.9. The Bertz CT molecular complexity index is 1360. The number of carbonyl (C=O) groups excluding carboxylic acids is 2. The smallest absolute Gasteiger partial charge is 0.339 e. The van der Waals surface area contributed by atoms with Crippen molar-refractivity contribution in [3.05, 3.63) is 72.8 Å². The van der Waals surface area contributed by atoms with Crippen molar-refractivity contribution in [1.29, 1.82) is 0 Å². The van der Waals surface area contributed by atoms with E-state index in [0.29, 0.717) is 13.0 Å². The van der Waals surface area contributed by atoms with E-state index >= 15 is 0 Å². The van der Waals surface area contributed by atoms with Crippen LogP contribution in [0.4, 0.5) is 0 Å². The number of hydrogen-bond acceptors (Lipinski definition) is 7. The van der Waals surface area contributed by atoms with E-state index < -0.39 is 34.8 Å². The molecule has 0 unspecified atom stereocenters. The quantitative estimate of drug-likeness (QED) is 0.132. The Kier molecular flexibility index (Phi) is 14.5. The van der Waals surface area contributed by atoms with E-state index in [1.165, 1.54) is 24.4 Å². The van der Waals surface area contributed by atoms with Gasteiger partial charge >= 0.3 is 11.9 Å². The first-order chi connectivity index (χ1) is 23.2. The van der Waals surface area contributed by atoms with E-state index in [1.54, 1.807) is 6.08 Å². The molecule has 2 aromatic rings. The molecule has 1 aliphatic heterocycles. The van der Waals surface area contributed by atoms with Crippen molar-refractivity contribution in [3.8, 4) is 0 Å². The molecule has 9 heteroatoms. The molecule has 0 fully saturated rings. The topological polar surface area (TPSA) is 80.3 Å². The molecule has 0 N–H and O–H groups in total. The Morgan fingerprint density at radius 3 is 1.90 bits per heavy atom. The lowest BCUT2D eigenvalue weighted by Gasteiger charge is -2.44. The average molecular weight is 725 g/mol. The highest BCUT2D eigenvalue weighted by Crippen LogP contribution is 2.41. The van der Waals surface area contributed by atoms with Crippen LogP contribution in [0.2, 0.25) is 23.2 Å². The molecule has 0 amide bonds. The SMILES string of the molecule is CO[C@@H]1/C=C/[C@@H](O[Si](C)(C)C(C)(C)C)[C@H](C)C[C@H](COC(C)=O)[C@H](C)[C@@H]([C@H](C)CO[Si](c2ccccc2)(c2ccccc2)C(C)(C)C)OC1=O. The molecule has 0 saturated carbocycles. The summed E-state index contributed by atoms with van der Waals surface area (Å²) < 4.78 is 32.1. The number of cyclic esters (lactones) is 1. The molecule has 1 heterocycles. The molecule has 0 bridgehead atoms. The van der Waals surface area contributed by atoms with Gasteiger partial charge in [0.05, 0.1) is 12.7 Å². The van der Waals surface area contributed by atoms with Gasteiger partial charge < -0.3 is 23.1 Å². The highest BCUT2D eigenvalue weighted by atomic mass is 28.4. The number of methoxy groups -OCH3 is 1. The fourth-order valence-corrected chi connectivity index (χ4v) is 12.9. The molecule has 3 rings (SSSR count). The first-order valence-corrected chi connectivity index (χ1v) is 23.0. The molecule has 0 aliphatic carbocycles. The van der Waals surface area contributed by atoms with Crippen molar-refractivity contribution >= 4 is 38.9 Å². The maximum Gasteiger partial charge on any atom is 0.339 e. The summed E-state index contributed by atoms with van der Waals surface area (Å²) in [7, 11) is -3.50. The van der Waals surface area contributed by atoms with Crippen LogP contribution in [0.5, 0.6) is 0 Å². The average Bonchev–Trinajstić information content (AvgIpc) is 3.05. The molecule has 50 heavy (non-hydrogen) atoms. The van der Waals surface area contributed by atoms with Gasteiger partial charge in [-0.2, -0.15) is 0 Å². The van der Waals surface area contributed by atoms with Gasteiger partial charge in [0.25, 0.3) is 8.32 Å². The molecule has 2 aromatic carbocycles. The van der Waals surface area contributed by atoms with Crippen LogP contribution in [0.1, 0.15) is 75.7 Å². The van der Waals surface area contributed by atoms with Crippen LogP contribution in [0, 0.1) is 23.7 Å². The van der Waals surface area contributed by atoms with Gasteiger partial charge in [-0.3, -0.25) is 4.79 Å². The normalized spacial score (nSPS) is 25.6. The van der Waals surface area contributed by atoms with E-state index in [4.69, 9.17) is 23.1 Å². The summed E-state index contributed by atoms with van der Waals surface area (Å²) in [6.45, 7) is 26.3. The van der Waals surface area contributed by atoms with Gasteiger partial charge in [0.1, 0.15) is 6.10 Å². The first-order valence-electron chi connectivity index (χ1n) is 18.2. The number of carbonyl (C=O) groups is 2. The fraction of sp³-hybridized carbons (Fsp3) is 0.610. The lowest BCUT2D eigenvalue weighted by atomic mass is 9.78. The summed E-state index contributed by atoms with van der Waals surface area (Å²) >= 11 is 0. The van der Waals surface area contributed by atoms with Crippen LogP contribution in [0.3, 0.4) is 0 Å². The third-order valence-electron chi connectivity index (χ3n) is 11.0. The standard InChI is InChI=1S/C41H64O7Si2/c1-29-26-33(28-45-32(4)42)31(3)38(47-39(43)37(44-11)25-24-36(29)48-49(12,13)40(5,6)7)30(2)27-46-50(41(8,9)10,34-20-16-14-17-21-34)35-22-18-15-19-23-35/h14-25,29-31,33,36-38H,26-28H2,1-13H3/b25-24+/t29-,30-,31+,33-,36-,37-,38-/m1/s1. The molecule has 7 atom stereocenters. The number of ether oxygens (including phenoxy) is 3. The Morgan fingerprint density at radius 1 is 0.900 bits per heavy atom. The number of rotatable bonds is 11. The molecule has 0 saturated heterocycles. The highest BCUT2D eigenvalue weighted by molar-refractivity contribution is 6.99. The molecule has 0 spiro atoms. The second kappa shape index (κ2) is 17.3. The second-order valence-electron chi connectivity index (χ2n) is 16.9. The lowest BCUT2D eigenvalue weighted by Crippen LogP contribution is -2.67. The maximum atomic E-state index is 13.9. The monoisotopic (exact) mass is 724 g/mol. The zero-order valence-corrected chi connectivity index (χ0v) is 34.9. The van der Waals surface area contributed by atoms with E-state index in [-0.39, 0.29) is 52.4 Å². The van der Waals surface area contributed by atoms with Crippen LogP contribution in [0.15, 0.2) is 72.8 Å². The van der Waals surface area contributed by atoms with E-state index in [9.17, 15) is 9.59 Å². The van der Waals surface area contributed by atoms with E-state index in [1.807, 2.05) is 18.2 Å². The Labute approximate surface area is 304 Å². The van der Waals surface area contributed by atoms with Gasteiger partial charge in [-0.05, 0) is 63.8 Å². The highest BCUT2D eigenvalue weighted by Gasteiger charge is 2.51. The summed E-state index contributed by atoms with van der Waals surface area (Å²) in [5, 5.41) is 2.18. The molecule has 0 radical (unpaired) electrons. The van der Waals surface area contributed by atoms with Crippen LogP contribution in [-0.4, -0.2) is 67.2 Å². The zero-order valence-electron chi connectivity index (χ0n) is 32.9. The third-order valence-corrected chi connectivity index (χ3v) is 20.5. The largest absolute Gasteiger partial charge is 0.466 e. The van der Waals surface area contributed by atoms with Crippen LogP contribution < -0.4 is 10.4 Å². The van der Waals surface area contributed by atoms with Crippen molar-refractivity contribution in [1.82, 2.24) is 0 Å². The minimum atomic E-state index is -2.85. The van der Waals surface area contributed by atoms with Crippen molar-refractivity contribution in [2.75, 3.05) is 20.3 Å². The van der Waals surface area contributed by atoms with E-state index in [0.717, 1.165) is 0 Å². The number of hydrogen-bond donors (Lipinski definition) is 0. The molecular weight excluding hydrogens is 661 g/mol. The van der Waals surface area contributed by atoms with Gasteiger partial charge in [0, 0.05) is 26.6 Å². The lowest BCUT2D eigenvalue weighted by molar-refractivity contribution is -0.167. The Balaban J connectivity index is 2.06. The summed E-state index contributed by atoms with van der Waals surface area (Å²) in [6, 6.07) is 21.1. The van der Waals surface area contributed by atoms with Gasteiger partial charge in [-0.1, -0.05) is 129 Å². The van der Waals surface area contributed by atoms with Crippen molar-refractivity contribution in [3.63, 3.8) is 0 Å². The minimum Gasteiger partial charge on any atom is -0.466 e. The van der Waals surface area contributed by atoms with Gasteiger partial charge in [0.2, 0.25) is 0 Å². The molecule has 7 nitrogen and oxygen atoms in total. The summed E-state index contributed by atoms with van der Waals surface area (Å²) in [5.41, 5.74) is 0. The van der Waals surface area contributed by atoms with Gasteiger partial charge in [0.15, 0.2) is 14.4 Å². The minimum absolute atomic E-state index is 0.00239. The van der Waals surface area contributed by atoms with Gasteiger partial charge in [-0.25, -0.2) is 4.79 Å². The number of esters is 2. The van der Waals surface area contributed by atoms with Gasteiger partial charge in [-0.15, -0.1) is 0 Å². The first kappa shape index (κ1) is 41.9. The predicted molar refractivity (Wildman–Crippen MR) is 208 cm³/mol. The summed E-state index contributed by atoms with van der Waals surface area (Å²) in [5.74, 6) is -1.16. The molecular formula is C41H64O7Si2. The zero-order chi connectivity index (χ0) is 37.5. The summed E-state index contributed by atoms with van der Waals surface area (Å²) in [4.78, 5) is 26.0. The van der Waals surface area contributed by atoms with Crippen LogP contribution >= 0.6 is 0 Å². The van der Waals surface area contributed by atoms with Crippen molar-refractivity contribution in [2.45, 2.75) is 117 Å². The summed E-state index contributed by atoms with van der Waals surface area (Å²) in [6.07, 6.45) is 2.81. The molecule has 278 valence electrons. The Hall–Kier alpha value is -2.57. The van der Waals surface area contributed by atoms with Crippen molar-refractivity contribution in [2.24, 2.45) is 23.7 Å². The fourth-order valence-electron chi connectivity index (χ4n) is 6.92.